The van der Waals surface area contributed by atoms with E-state index < -0.39 is 0 Å². The molecule has 4 heteroatoms. The highest BCUT2D eigenvalue weighted by atomic mass is 19.1. The number of carbonyl (C=O) groups excluding carboxylic acids is 1. The Morgan fingerprint density at radius 3 is 2.52 bits per heavy atom. The average Bonchev–Trinajstić information content (AvgIpc) is 2.90. The number of hydrogen-bond donors (Lipinski definition) is 1. The van der Waals surface area contributed by atoms with Gasteiger partial charge in [0.15, 0.2) is 0 Å². The predicted molar refractivity (Wildman–Crippen MR) is 95.7 cm³/mol. The molecule has 0 bridgehead atoms. The van der Waals surface area contributed by atoms with Gasteiger partial charge in [-0.15, -0.1) is 0 Å². The Labute approximate surface area is 145 Å². The summed E-state index contributed by atoms with van der Waals surface area (Å²) in [7, 11) is 1.61. The number of nitrogens with one attached hydrogen (secondary N) is 1. The zero-order chi connectivity index (χ0) is 17.7. The van der Waals surface area contributed by atoms with Crippen LogP contribution in [0.2, 0.25) is 0 Å². The number of benzene rings is 2. The van der Waals surface area contributed by atoms with Crippen LogP contribution in [0, 0.1) is 11.2 Å². The molecule has 4 rings (SSSR count). The van der Waals surface area contributed by atoms with Crippen LogP contribution in [-0.2, 0) is 4.79 Å². The largest absolute Gasteiger partial charge is 0.497 e. The number of carbonyl (C=O) groups is 1. The maximum absolute atomic E-state index is 14.3. The topological polar surface area (TPSA) is 50.1 Å². The number of hydrogen-bond acceptors (Lipinski definition) is 3. The Morgan fingerprint density at radius 2 is 1.84 bits per heavy atom. The van der Waals surface area contributed by atoms with Gasteiger partial charge in [0.05, 0.1) is 12.8 Å². The summed E-state index contributed by atoms with van der Waals surface area (Å²) in [5, 5.41) is 7.88. The summed E-state index contributed by atoms with van der Waals surface area (Å²) in [5.74, 6) is 0.194. The number of fused-ring (bicyclic) bond motifs is 3. The van der Waals surface area contributed by atoms with Crippen molar-refractivity contribution in [3.8, 4) is 16.9 Å². The molecule has 2 aliphatic rings. The first-order chi connectivity index (χ1) is 12.0. The van der Waals surface area contributed by atoms with Crippen LogP contribution in [-0.4, -0.2) is 18.6 Å². The van der Waals surface area contributed by atoms with E-state index in [4.69, 9.17) is 10.1 Å². The monoisotopic (exact) mass is 335 g/mol. The van der Waals surface area contributed by atoms with Gasteiger partial charge in [0.1, 0.15) is 11.6 Å². The Bertz CT molecular complexity index is 941. The van der Waals surface area contributed by atoms with E-state index in [0.29, 0.717) is 12.0 Å². The third-order valence-electron chi connectivity index (χ3n) is 5.25. The van der Waals surface area contributed by atoms with Crippen molar-refractivity contribution in [2.45, 2.75) is 25.7 Å². The summed E-state index contributed by atoms with van der Waals surface area (Å²) < 4.78 is 19.5. The molecular formula is C21H18FNO2. The first kappa shape index (κ1) is 15.8. The first-order valence-corrected chi connectivity index (χ1v) is 8.32. The van der Waals surface area contributed by atoms with Crippen molar-refractivity contribution in [1.29, 1.82) is 5.41 Å². The Hall–Kier alpha value is -2.75. The Kier molecular flexibility index (Phi) is 3.57. The predicted octanol–water partition coefficient (Wildman–Crippen LogP) is 4.75. The Morgan fingerprint density at radius 1 is 1.16 bits per heavy atom. The highest BCUT2D eigenvalue weighted by molar-refractivity contribution is 6.47. The molecule has 2 aromatic carbocycles. The van der Waals surface area contributed by atoms with Crippen LogP contribution >= 0.6 is 0 Å². The summed E-state index contributed by atoms with van der Waals surface area (Å²) in [6.07, 6.45) is 1.19. The summed E-state index contributed by atoms with van der Waals surface area (Å²) in [6, 6.07) is 10.6. The van der Waals surface area contributed by atoms with Gasteiger partial charge in [-0.1, -0.05) is 12.1 Å². The van der Waals surface area contributed by atoms with Crippen molar-refractivity contribution in [3.63, 3.8) is 0 Å². The van der Waals surface area contributed by atoms with E-state index in [9.17, 15) is 9.18 Å². The fourth-order valence-electron chi connectivity index (χ4n) is 4.05. The minimum absolute atomic E-state index is 0.0469. The third-order valence-corrected chi connectivity index (χ3v) is 5.25. The molecule has 0 aromatic heterocycles. The minimum atomic E-state index is -0.314. The van der Waals surface area contributed by atoms with Gasteiger partial charge < -0.3 is 10.1 Å². The van der Waals surface area contributed by atoms with Gasteiger partial charge in [-0.2, -0.15) is 0 Å². The molecular weight excluding hydrogens is 317 g/mol. The van der Waals surface area contributed by atoms with Crippen molar-refractivity contribution < 1.29 is 13.9 Å². The summed E-state index contributed by atoms with van der Waals surface area (Å²) in [6.45, 7) is 1.86. The molecule has 1 unspecified atom stereocenters. The molecule has 0 radical (unpaired) electrons. The van der Waals surface area contributed by atoms with E-state index in [1.807, 2.05) is 31.2 Å². The average molecular weight is 335 g/mol. The lowest BCUT2D eigenvalue weighted by atomic mass is 9.79. The summed E-state index contributed by atoms with van der Waals surface area (Å²) >= 11 is 0. The zero-order valence-electron chi connectivity index (χ0n) is 14.2. The molecule has 0 heterocycles. The van der Waals surface area contributed by atoms with E-state index in [1.165, 1.54) is 6.07 Å². The van der Waals surface area contributed by atoms with Crippen LogP contribution in [0.5, 0.6) is 5.75 Å². The molecule has 3 nitrogen and oxygen atoms in total. The van der Waals surface area contributed by atoms with Gasteiger partial charge in [-0.05, 0) is 71.9 Å². The number of halogens is 1. The molecule has 0 spiro atoms. The maximum atomic E-state index is 14.3. The molecule has 2 aliphatic carbocycles. The van der Waals surface area contributed by atoms with Crippen LogP contribution < -0.4 is 4.74 Å². The zero-order valence-corrected chi connectivity index (χ0v) is 14.2. The number of Topliss-reactive ketones (excluding diaryl/α,β-unsaturated/α-hetero) is 1. The highest BCUT2D eigenvalue weighted by Crippen LogP contribution is 2.50. The SMILES string of the molecule is COc1ccc(-c2cc(F)cc3c2C2CCC(=N)C(=O)C2=C3C)cc1. The van der Waals surface area contributed by atoms with Crippen molar-refractivity contribution in [2.24, 2.45) is 0 Å². The highest BCUT2D eigenvalue weighted by Gasteiger charge is 2.39. The number of allylic oxidation sites excluding steroid dienone is 2. The van der Waals surface area contributed by atoms with E-state index in [0.717, 1.165) is 40.0 Å². The lowest BCUT2D eigenvalue weighted by Crippen LogP contribution is -2.25. The van der Waals surface area contributed by atoms with Crippen LogP contribution in [0.1, 0.15) is 36.8 Å². The maximum Gasteiger partial charge on any atom is 0.203 e. The quantitative estimate of drug-likeness (QED) is 0.860. The number of methoxy groups -OCH3 is 1. The van der Waals surface area contributed by atoms with Crippen LogP contribution in [0.3, 0.4) is 0 Å². The number of ketones is 1. The van der Waals surface area contributed by atoms with Gasteiger partial charge in [-0.25, -0.2) is 4.39 Å². The number of ether oxygens (including phenoxy) is 1. The smallest absolute Gasteiger partial charge is 0.203 e. The van der Waals surface area contributed by atoms with Crippen LogP contribution in [0.4, 0.5) is 4.39 Å². The van der Waals surface area contributed by atoms with Gasteiger partial charge >= 0.3 is 0 Å². The van der Waals surface area contributed by atoms with Crippen molar-refractivity contribution in [2.75, 3.05) is 7.11 Å². The van der Waals surface area contributed by atoms with Crippen LogP contribution in [0.15, 0.2) is 42.0 Å². The molecule has 2 aromatic rings. The molecule has 126 valence electrons. The van der Waals surface area contributed by atoms with E-state index in [2.05, 4.69) is 0 Å². The fourth-order valence-corrected chi connectivity index (χ4v) is 4.05. The van der Waals surface area contributed by atoms with E-state index in [-0.39, 0.29) is 23.2 Å². The first-order valence-electron chi connectivity index (χ1n) is 8.32. The molecule has 1 fully saturated rings. The van der Waals surface area contributed by atoms with Gasteiger partial charge in [0.25, 0.3) is 0 Å². The van der Waals surface area contributed by atoms with Gasteiger partial charge in [-0.3, -0.25) is 4.79 Å². The van der Waals surface area contributed by atoms with Crippen molar-refractivity contribution in [1.82, 2.24) is 0 Å². The molecule has 1 atom stereocenters. The Balaban J connectivity index is 1.91. The van der Waals surface area contributed by atoms with Gasteiger partial charge in [0.2, 0.25) is 5.78 Å². The molecule has 0 saturated heterocycles. The second-order valence-corrected chi connectivity index (χ2v) is 6.58. The fraction of sp³-hybridized carbons (Fsp3) is 0.238. The molecule has 25 heavy (non-hydrogen) atoms. The normalized spacial score (nSPS) is 19.1. The lowest BCUT2D eigenvalue weighted by Gasteiger charge is -2.23. The lowest BCUT2D eigenvalue weighted by molar-refractivity contribution is -0.110. The second-order valence-electron chi connectivity index (χ2n) is 6.58. The van der Waals surface area contributed by atoms with Crippen LogP contribution in [0.25, 0.3) is 16.7 Å². The summed E-state index contributed by atoms with van der Waals surface area (Å²) in [4.78, 5) is 12.5. The summed E-state index contributed by atoms with van der Waals surface area (Å²) in [5.41, 5.74) is 5.17. The molecule has 1 saturated carbocycles. The van der Waals surface area contributed by atoms with Gasteiger partial charge in [0, 0.05) is 11.5 Å². The van der Waals surface area contributed by atoms with Crippen molar-refractivity contribution >= 4 is 17.1 Å². The number of rotatable bonds is 2. The molecule has 0 amide bonds. The minimum Gasteiger partial charge on any atom is -0.497 e. The molecule has 1 N–H and O–H groups in total. The second kappa shape index (κ2) is 5.66. The molecule has 0 aliphatic heterocycles. The van der Waals surface area contributed by atoms with E-state index in [1.54, 1.807) is 13.2 Å². The standard InChI is InChI=1S/C21H18FNO2/c1-11-16-9-13(22)10-17(12-3-5-14(25-2)6-4-12)20(16)15-7-8-18(23)21(24)19(11)15/h3-6,9-10,15,23H,7-8H2,1-2H3. The van der Waals surface area contributed by atoms with E-state index >= 15 is 0 Å². The third kappa shape index (κ3) is 2.32. The van der Waals surface area contributed by atoms with Crippen molar-refractivity contribution in [3.05, 3.63) is 58.9 Å².